The fraction of sp³-hybridized carbons (Fsp3) is 0.615. The van der Waals surface area contributed by atoms with Crippen LogP contribution in [0.15, 0.2) is 30.0 Å². The fourth-order valence-electron chi connectivity index (χ4n) is 5.54. The van der Waals surface area contributed by atoms with E-state index < -0.39 is 0 Å². The molecule has 0 bridgehead atoms. The number of fused-ring (bicyclic) bond motifs is 3. The molecule has 1 aromatic rings. The number of nitrogens with one attached hydrogen (secondary N) is 2. The lowest BCUT2D eigenvalue weighted by molar-refractivity contribution is 0.0127. The summed E-state index contributed by atoms with van der Waals surface area (Å²) in [5, 5.41) is 7.47. The van der Waals surface area contributed by atoms with Crippen molar-refractivity contribution in [3.05, 3.63) is 46.7 Å². The monoisotopic (exact) mass is 420 g/mol. The third kappa shape index (κ3) is 4.28. The SMILES string of the molecule is CC1=CC(c2cc(NC3CCN(COCC4CC4)CC3)c3c(c2)C2CN2C3)=CC(C)N1. The van der Waals surface area contributed by atoms with Crippen molar-refractivity contribution in [1.82, 2.24) is 15.1 Å². The average Bonchev–Trinajstić information content (AvgIpc) is 3.67. The highest BCUT2D eigenvalue weighted by Crippen LogP contribution is 2.48. The van der Waals surface area contributed by atoms with E-state index in [1.54, 1.807) is 11.1 Å². The number of nitrogens with zero attached hydrogens (tertiary/aromatic N) is 2. The van der Waals surface area contributed by atoms with Crippen molar-refractivity contribution >= 4 is 11.3 Å². The predicted molar refractivity (Wildman–Crippen MR) is 126 cm³/mol. The first-order valence-electron chi connectivity index (χ1n) is 12.3. The Bertz CT molecular complexity index is 910. The topological polar surface area (TPSA) is 39.5 Å². The first-order valence-corrected chi connectivity index (χ1v) is 12.3. The maximum Gasteiger partial charge on any atom is 0.0990 e. The Morgan fingerprint density at radius 2 is 2.00 bits per heavy atom. The third-order valence-corrected chi connectivity index (χ3v) is 7.58. The lowest BCUT2D eigenvalue weighted by atomic mass is 9.93. The van der Waals surface area contributed by atoms with Crippen molar-refractivity contribution in [2.24, 2.45) is 5.92 Å². The molecule has 0 aromatic heterocycles. The van der Waals surface area contributed by atoms with E-state index in [1.165, 1.54) is 54.7 Å². The molecule has 5 aliphatic rings. The van der Waals surface area contributed by atoms with Gasteiger partial charge < -0.3 is 15.4 Å². The number of benzene rings is 1. The molecule has 0 spiro atoms. The maximum atomic E-state index is 5.91. The molecule has 5 nitrogen and oxygen atoms in total. The van der Waals surface area contributed by atoms with E-state index in [9.17, 15) is 0 Å². The summed E-state index contributed by atoms with van der Waals surface area (Å²) in [6, 6.07) is 6.48. The number of hydrogen-bond acceptors (Lipinski definition) is 5. The third-order valence-electron chi connectivity index (χ3n) is 7.58. The van der Waals surface area contributed by atoms with Gasteiger partial charge in [0.25, 0.3) is 0 Å². The van der Waals surface area contributed by atoms with E-state index in [4.69, 9.17) is 4.74 Å². The number of hydrogen-bond donors (Lipinski definition) is 2. The molecule has 3 atom stereocenters. The van der Waals surface area contributed by atoms with Crippen LogP contribution in [0.3, 0.4) is 0 Å². The van der Waals surface area contributed by atoms with Crippen molar-refractivity contribution in [2.45, 2.75) is 64.2 Å². The van der Waals surface area contributed by atoms with E-state index in [0.717, 1.165) is 38.9 Å². The largest absolute Gasteiger partial charge is 0.383 e. The molecule has 6 rings (SSSR count). The number of dihydropyridines is 1. The molecular formula is C26H36N4O. The Morgan fingerprint density at radius 1 is 1.16 bits per heavy atom. The maximum absolute atomic E-state index is 5.91. The standard InChI is InChI=1S/C26H36N4O/c1-17-9-20(10-18(2)27-17)21-11-23-24(13-30-14-26(23)30)25(12-21)28-22-5-7-29(8-6-22)16-31-15-19-3-4-19/h9-12,17,19,22,26-28H,3-8,13-16H2,1-2H3. The second-order valence-corrected chi connectivity index (χ2v) is 10.4. The Kier molecular flexibility index (Phi) is 5.09. The van der Waals surface area contributed by atoms with E-state index in [2.05, 4.69) is 58.6 Å². The van der Waals surface area contributed by atoms with Crippen molar-refractivity contribution in [1.29, 1.82) is 0 Å². The van der Waals surface area contributed by atoms with Crippen molar-refractivity contribution in [3.8, 4) is 0 Å². The quantitative estimate of drug-likeness (QED) is 0.650. The number of piperidine rings is 1. The molecule has 1 saturated carbocycles. The van der Waals surface area contributed by atoms with Crippen molar-refractivity contribution in [3.63, 3.8) is 0 Å². The zero-order valence-corrected chi connectivity index (χ0v) is 19.0. The number of rotatable bonds is 7. The van der Waals surface area contributed by atoms with Gasteiger partial charge in [-0.25, -0.2) is 0 Å². The van der Waals surface area contributed by atoms with Crippen LogP contribution in [0.1, 0.15) is 62.3 Å². The highest BCUT2D eigenvalue weighted by molar-refractivity contribution is 5.80. The van der Waals surface area contributed by atoms with Crippen LogP contribution < -0.4 is 10.6 Å². The minimum atomic E-state index is 0.383. The molecule has 1 aliphatic carbocycles. The molecule has 3 unspecified atom stereocenters. The van der Waals surface area contributed by atoms with Gasteiger partial charge in [0.05, 0.1) is 13.3 Å². The molecule has 166 valence electrons. The van der Waals surface area contributed by atoms with Gasteiger partial charge >= 0.3 is 0 Å². The summed E-state index contributed by atoms with van der Waals surface area (Å²) in [6.45, 7) is 10.8. The second kappa shape index (κ2) is 7.95. The van der Waals surface area contributed by atoms with Crippen LogP contribution in [0, 0.1) is 5.92 Å². The van der Waals surface area contributed by atoms with E-state index in [-0.39, 0.29) is 0 Å². The molecular weight excluding hydrogens is 384 g/mol. The van der Waals surface area contributed by atoms with Crippen LogP contribution in [0.25, 0.3) is 5.57 Å². The first kappa shape index (κ1) is 19.8. The number of allylic oxidation sites excluding steroid dienone is 3. The lowest BCUT2D eigenvalue weighted by Crippen LogP contribution is -2.40. The van der Waals surface area contributed by atoms with Gasteiger partial charge in [0.15, 0.2) is 0 Å². The first-order chi connectivity index (χ1) is 15.1. The van der Waals surface area contributed by atoms with Gasteiger partial charge in [-0.05, 0) is 85.9 Å². The Labute approximate surface area is 186 Å². The van der Waals surface area contributed by atoms with Gasteiger partial charge in [-0.3, -0.25) is 9.80 Å². The van der Waals surface area contributed by atoms with Crippen LogP contribution in [0.5, 0.6) is 0 Å². The van der Waals surface area contributed by atoms with Crippen LogP contribution in [0.4, 0.5) is 5.69 Å². The van der Waals surface area contributed by atoms with Crippen molar-refractivity contribution in [2.75, 3.05) is 38.3 Å². The summed E-state index contributed by atoms with van der Waals surface area (Å²) in [6.07, 6.45) is 9.79. The van der Waals surface area contributed by atoms with Gasteiger partial charge in [-0.15, -0.1) is 0 Å². The fourth-order valence-corrected chi connectivity index (χ4v) is 5.54. The van der Waals surface area contributed by atoms with Gasteiger partial charge in [-0.2, -0.15) is 0 Å². The van der Waals surface area contributed by atoms with E-state index in [1.807, 2.05) is 0 Å². The number of ether oxygens (including phenoxy) is 1. The lowest BCUT2D eigenvalue weighted by Gasteiger charge is -2.33. The summed E-state index contributed by atoms with van der Waals surface area (Å²) in [5.74, 6) is 0.854. The molecule has 2 N–H and O–H groups in total. The summed E-state index contributed by atoms with van der Waals surface area (Å²) >= 11 is 0. The van der Waals surface area contributed by atoms with E-state index >= 15 is 0 Å². The highest BCUT2D eigenvalue weighted by atomic mass is 16.5. The highest BCUT2D eigenvalue weighted by Gasteiger charge is 2.44. The molecule has 4 heterocycles. The zero-order chi connectivity index (χ0) is 20.9. The normalized spacial score (nSPS) is 30.2. The van der Waals surface area contributed by atoms with Gasteiger partial charge in [-0.1, -0.05) is 6.08 Å². The van der Waals surface area contributed by atoms with Gasteiger partial charge in [0, 0.05) is 55.7 Å². The Morgan fingerprint density at radius 3 is 2.77 bits per heavy atom. The Balaban J connectivity index is 1.16. The number of likely N-dealkylation sites (tertiary alicyclic amines) is 1. The van der Waals surface area contributed by atoms with Crippen LogP contribution in [0.2, 0.25) is 0 Å². The zero-order valence-electron chi connectivity index (χ0n) is 19.0. The molecule has 0 amide bonds. The number of anilines is 1. The van der Waals surface area contributed by atoms with Crippen LogP contribution >= 0.6 is 0 Å². The Hall–Kier alpha value is -1.82. The van der Waals surface area contributed by atoms with E-state index in [0.29, 0.717) is 18.1 Å². The predicted octanol–water partition coefficient (Wildman–Crippen LogP) is 4.10. The van der Waals surface area contributed by atoms with Gasteiger partial charge in [0.1, 0.15) is 0 Å². The molecule has 3 fully saturated rings. The summed E-state index contributed by atoms with van der Waals surface area (Å²) in [5.41, 5.74) is 8.46. The van der Waals surface area contributed by atoms with Crippen molar-refractivity contribution < 1.29 is 4.74 Å². The minimum absolute atomic E-state index is 0.383. The molecule has 5 heteroatoms. The second-order valence-electron chi connectivity index (χ2n) is 10.4. The summed E-state index contributed by atoms with van der Waals surface area (Å²) in [4.78, 5) is 5.07. The molecule has 31 heavy (non-hydrogen) atoms. The summed E-state index contributed by atoms with van der Waals surface area (Å²) in [7, 11) is 0. The van der Waals surface area contributed by atoms with Crippen LogP contribution in [-0.4, -0.2) is 54.9 Å². The molecule has 2 saturated heterocycles. The molecule has 0 radical (unpaired) electrons. The molecule has 4 aliphatic heterocycles. The minimum Gasteiger partial charge on any atom is -0.383 e. The average molecular weight is 421 g/mol. The molecule has 1 aromatic carbocycles. The summed E-state index contributed by atoms with van der Waals surface area (Å²) < 4.78 is 5.91. The van der Waals surface area contributed by atoms with Crippen LogP contribution in [-0.2, 0) is 11.3 Å². The smallest absolute Gasteiger partial charge is 0.0990 e. The van der Waals surface area contributed by atoms with Gasteiger partial charge in [0.2, 0.25) is 0 Å².